The third-order valence-corrected chi connectivity index (χ3v) is 8.20. The third kappa shape index (κ3) is 5.59. The first-order valence-electron chi connectivity index (χ1n) is 16.4. The molecule has 0 saturated heterocycles. The summed E-state index contributed by atoms with van der Waals surface area (Å²) in [6.07, 6.45) is 3.49. The van der Waals surface area contributed by atoms with E-state index in [1.807, 2.05) is 65.4 Å². The monoisotopic (exact) mass is 775 g/mol. The molecule has 3 heterocycles. The van der Waals surface area contributed by atoms with E-state index < -0.39 is 6.98 Å². The Bertz CT molecular complexity index is 2310. The summed E-state index contributed by atoms with van der Waals surface area (Å²) in [6, 6.07) is 35.0. The van der Waals surface area contributed by atoms with Crippen molar-refractivity contribution in [2.45, 2.75) is 52.4 Å². The van der Waals surface area contributed by atoms with Crippen LogP contribution in [-0.4, -0.2) is 18.7 Å². The standard InChI is InChI=1S/C39H37N4O.Pt/c1-38(2,3)26-18-19-40-37(22-26)43-33-13-9-8-12-31(33)32-17-16-29(24-36(32)43)44-30-21-27(39(4,5)6)20-28(23-30)42-25-41(7)34-14-10-11-15-35(34)42;/h8-22,25H,1-7H3;/q-1;/i7D3;. The third-order valence-electron chi connectivity index (χ3n) is 8.20. The summed E-state index contributed by atoms with van der Waals surface area (Å²) in [7, 11) is 0. The average Bonchev–Trinajstić information content (AvgIpc) is 3.57. The fourth-order valence-electron chi connectivity index (χ4n) is 5.75. The van der Waals surface area contributed by atoms with Gasteiger partial charge in [-0.15, -0.1) is 29.1 Å². The van der Waals surface area contributed by atoms with Crippen LogP contribution in [0.5, 0.6) is 11.5 Å². The quantitative estimate of drug-likeness (QED) is 0.167. The van der Waals surface area contributed by atoms with Crippen LogP contribution >= 0.6 is 0 Å². The Hall–Kier alpha value is -4.21. The van der Waals surface area contributed by atoms with Gasteiger partial charge in [-0.05, 0) is 52.1 Å². The van der Waals surface area contributed by atoms with Crippen LogP contribution in [0.15, 0.2) is 97.5 Å². The molecule has 0 saturated carbocycles. The molecule has 0 atom stereocenters. The number of aromatic nitrogens is 4. The Labute approximate surface area is 283 Å². The van der Waals surface area contributed by atoms with Gasteiger partial charge in [0.25, 0.3) is 0 Å². The van der Waals surface area contributed by atoms with E-state index in [-0.39, 0.29) is 31.9 Å². The van der Waals surface area contributed by atoms with E-state index in [1.165, 1.54) is 10.1 Å². The van der Waals surface area contributed by atoms with Crippen LogP contribution in [-0.2, 0) is 38.9 Å². The Morgan fingerprint density at radius 3 is 2.18 bits per heavy atom. The molecule has 0 N–H and O–H groups in total. The van der Waals surface area contributed by atoms with Gasteiger partial charge in [0.05, 0.1) is 0 Å². The number of hydrogen-bond donors (Lipinski definition) is 0. The Morgan fingerprint density at radius 1 is 0.733 bits per heavy atom. The maximum absolute atomic E-state index is 8.13. The van der Waals surface area contributed by atoms with E-state index in [0.717, 1.165) is 38.7 Å². The summed E-state index contributed by atoms with van der Waals surface area (Å²) in [5, 5.41) is 2.16. The zero-order valence-electron chi connectivity index (χ0n) is 29.3. The number of pyridine rings is 1. The van der Waals surface area contributed by atoms with Crippen molar-refractivity contribution in [1.29, 1.82) is 0 Å². The Balaban J connectivity index is 0.00000401. The molecule has 230 valence electrons. The first kappa shape index (κ1) is 27.1. The van der Waals surface area contributed by atoms with E-state index in [9.17, 15) is 0 Å². The second-order valence-electron chi connectivity index (χ2n) is 13.4. The van der Waals surface area contributed by atoms with Crippen molar-refractivity contribution in [3.63, 3.8) is 0 Å². The zero-order chi connectivity index (χ0) is 33.3. The predicted octanol–water partition coefficient (Wildman–Crippen LogP) is 9.73. The maximum Gasteiger partial charge on any atom is 0.188 e. The van der Waals surface area contributed by atoms with Gasteiger partial charge in [-0.1, -0.05) is 77.4 Å². The molecule has 0 bridgehead atoms. The van der Waals surface area contributed by atoms with Crippen LogP contribution < -0.4 is 4.74 Å². The molecule has 7 aromatic rings. The van der Waals surface area contributed by atoms with Crippen LogP contribution in [0.1, 0.15) is 56.8 Å². The van der Waals surface area contributed by atoms with Gasteiger partial charge in [0, 0.05) is 73.2 Å². The topological polar surface area (TPSA) is 36.9 Å². The van der Waals surface area contributed by atoms with Crippen LogP contribution in [0, 0.1) is 12.1 Å². The summed E-state index contributed by atoms with van der Waals surface area (Å²) >= 11 is 0. The van der Waals surface area contributed by atoms with Crippen molar-refractivity contribution in [2.24, 2.45) is 6.98 Å². The smallest absolute Gasteiger partial charge is 0.188 e. The van der Waals surface area contributed by atoms with E-state index in [0.29, 0.717) is 22.7 Å². The van der Waals surface area contributed by atoms with Gasteiger partial charge in [0.2, 0.25) is 0 Å². The molecule has 0 aliphatic rings. The number of benzene rings is 4. The molecular weight excluding hydrogens is 736 g/mol. The van der Waals surface area contributed by atoms with Crippen molar-refractivity contribution >= 4 is 32.8 Å². The fraction of sp³-hybridized carbons (Fsp3) is 0.231. The number of hydrogen-bond acceptors (Lipinski definition) is 2. The molecule has 0 unspecified atom stereocenters. The summed E-state index contributed by atoms with van der Waals surface area (Å²) in [6.45, 7) is 10.7. The molecule has 0 aliphatic carbocycles. The van der Waals surface area contributed by atoms with Crippen LogP contribution in [0.2, 0.25) is 0 Å². The van der Waals surface area contributed by atoms with Gasteiger partial charge >= 0.3 is 0 Å². The maximum atomic E-state index is 8.13. The number of rotatable bonds is 4. The zero-order valence-corrected chi connectivity index (χ0v) is 28.5. The van der Waals surface area contributed by atoms with Crippen molar-refractivity contribution in [2.75, 3.05) is 0 Å². The number of aryl methyl sites for hydroxylation is 1. The second kappa shape index (κ2) is 11.3. The summed E-state index contributed by atoms with van der Waals surface area (Å²) in [4.78, 5) is 4.79. The predicted molar refractivity (Wildman–Crippen MR) is 180 cm³/mol. The summed E-state index contributed by atoms with van der Waals surface area (Å²) in [5.74, 6) is 1.87. The molecule has 4 aromatic carbocycles. The first-order chi connectivity index (χ1) is 22.2. The number of para-hydroxylation sites is 3. The van der Waals surface area contributed by atoms with Crippen molar-refractivity contribution < 1.29 is 29.9 Å². The van der Waals surface area contributed by atoms with Gasteiger partial charge in [-0.2, -0.15) is 6.07 Å². The van der Waals surface area contributed by atoms with Gasteiger partial charge in [0.15, 0.2) is 17.4 Å². The second-order valence-corrected chi connectivity index (χ2v) is 13.4. The minimum absolute atomic E-state index is 0. The number of ether oxygens (including phenoxy) is 1. The molecule has 5 nitrogen and oxygen atoms in total. The summed E-state index contributed by atoms with van der Waals surface area (Å²) < 4.78 is 36.3. The van der Waals surface area contributed by atoms with E-state index >= 15 is 0 Å². The molecule has 0 aliphatic heterocycles. The van der Waals surface area contributed by atoms with E-state index in [1.54, 1.807) is 6.33 Å². The van der Waals surface area contributed by atoms with Crippen LogP contribution in [0.4, 0.5) is 0 Å². The molecule has 7 rings (SSSR count). The largest absolute Gasteiger partial charge is 0.508 e. The number of imidazole rings is 1. The minimum Gasteiger partial charge on any atom is -0.508 e. The van der Waals surface area contributed by atoms with Gasteiger partial charge in [0.1, 0.15) is 5.82 Å². The molecule has 0 amide bonds. The normalized spacial score (nSPS) is 13.4. The van der Waals surface area contributed by atoms with Crippen molar-refractivity contribution in [3.05, 3.63) is 121 Å². The van der Waals surface area contributed by atoms with Crippen molar-refractivity contribution in [3.8, 4) is 23.0 Å². The SMILES string of the molecule is [2H]C([2H])([2H])n1[cH+]n(-c2[c-]c(Oc3[c-]c4c(cc3)c3ccccc3n4-c3cc(C(C)(C)C)ccn3)cc(C(C)(C)C)c2)c2ccccc21.[Pt]. The van der Waals surface area contributed by atoms with Gasteiger partial charge in [-0.25, -0.2) is 14.1 Å². The first-order valence-corrected chi connectivity index (χ1v) is 14.9. The Morgan fingerprint density at radius 2 is 1.44 bits per heavy atom. The molecule has 0 radical (unpaired) electrons. The molecule has 6 heteroatoms. The molecular formula is C39H37N4OPt-. The molecule has 0 fully saturated rings. The van der Waals surface area contributed by atoms with Crippen LogP contribution in [0.25, 0.3) is 44.3 Å². The molecule has 45 heavy (non-hydrogen) atoms. The molecule has 3 aromatic heterocycles. The fourth-order valence-corrected chi connectivity index (χ4v) is 5.75. The molecule has 0 spiro atoms. The van der Waals surface area contributed by atoms with E-state index in [4.69, 9.17) is 13.8 Å². The number of nitrogens with zero attached hydrogens (tertiary/aromatic N) is 4. The van der Waals surface area contributed by atoms with Gasteiger partial charge in [-0.3, -0.25) is 0 Å². The number of fused-ring (bicyclic) bond motifs is 4. The Kier molecular flexibility index (Phi) is 6.81. The minimum atomic E-state index is -2.34. The average molecular weight is 776 g/mol. The van der Waals surface area contributed by atoms with E-state index in [2.05, 4.69) is 88.6 Å². The van der Waals surface area contributed by atoms with Crippen molar-refractivity contribution in [1.82, 2.24) is 18.7 Å². The van der Waals surface area contributed by atoms with Gasteiger partial charge < -0.3 is 9.30 Å². The summed E-state index contributed by atoms with van der Waals surface area (Å²) in [5.41, 5.74) is 5.94. The van der Waals surface area contributed by atoms with Crippen LogP contribution in [0.3, 0.4) is 0 Å².